The molecule has 7 heteroatoms. The number of urea groups is 1. The van der Waals surface area contributed by atoms with Crippen LogP contribution in [0.5, 0.6) is 0 Å². The molecule has 0 saturated carbocycles. The summed E-state index contributed by atoms with van der Waals surface area (Å²) in [5.74, 6) is 0.994. The number of hydrogen-bond donors (Lipinski definition) is 1. The minimum absolute atomic E-state index is 0.101. The molecule has 7 nitrogen and oxygen atoms in total. The molecule has 2 fully saturated rings. The number of imidazole rings is 1. The van der Waals surface area contributed by atoms with Crippen molar-refractivity contribution in [2.45, 2.75) is 44.6 Å². The maximum atomic E-state index is 12.5. The molecule has 4 rings (SSSR count). The van der Waals surface area contributed by atoms with E-state index in [4.69, 9.17) is 4.98 Å². The monoisotopic (exact) mass is 331 g/mol. The second-order valence-corrected chi connectivity index (χ2v) is 7.04. The molecule has 3 aliphatic rings. The van der Waals surface area contributed by atoms with E-state index in [-0.39, 0.29) is 18.0 Å². The van der Waals surface area contributed by atoms with Gasteiger partial charge >= 0.3 is 6.03 Å². The number of likely N-dealkylation sites (tertiary alicyclic amines) is 1. The highest BCUT2D eigenvalue weighted by Crippen LogP contribution is 2.33. The van der Waals surface area contributed by atoms with E-state index in [2.05, 4.69) is 21.8 Å². The Kier molecular flexibility index (Phi) is 4.04. The van der Waals surface area contributed by atoms with Crippen LogP contribution in [-0.4, -0.2) is 57.5 Å². The highest BCUT2D eigenvalue weighted by atomic mass is 16.2. The summed E-state index contributed by atoms with van der Waals surface area (Å²) in [6.45, 7) is 2.23. The fourth-order valence-corrected chi connectivity index (χ4v) is 4.28. The molecule has 0 spiro atoms. The van der Waals surface area contributed by atoms with E-state index in [0.29, 0.717) is 19.6 Å². The summed E-state index contributed by atoms with van der Waals surface area (Å²) in [6, 6.07) is -0.0709. The summed E-state index contributed by atoms with van der Waals surface area (Å²) in [5.41, 5.74) is 2.61. The third-order valence-electron chi connectivity index (χ3n) is 5.57. The summed E-state index contributed by atoms with van der Waals surface area (Å²) >= 11 is 0. The standard InChI is InChI=1S/C17H25N5O2/c1-20-13-6-3-2-5-12(13)19-16(20)14-7-4-9-21(14)11-15(23)22-10-8-18-17(22)24/h14H,2-11H2,1H3,(H,18,24). The van der Waals surface area contributed by atoms with Crippen molar-refractivity contribution in [3.05, 3.63) is 17.2 Å². The second kappa shape index (κ2) is 6.20. The zero-order chi connectivity index (χ0) is 16.7. The molecule has 130 valence electrons. The number of aromatic nitrogens is 2. The van der Waals surface area contributed by atoms with Gasteiger partial charge in [-0.05, 0) is 45.1 Å². The van der Waals surface area contributed by atoms with E-state index >= 15 is 0 Å². The molecule has 1 N–H and O–H groups in total. The van der Waals surface area contributed by atoms with Gasteiger partial charge in [0.15, 0.2) is 0 Å². The molecule has 1 aliphatic carbocycles. The Bertz CT molecular complexity index is 668. The Morgan fingerprint density at radius 3 is 2.83 bits per heavy atom. The Labute approximate surface area is 142 Å². The maximum absolute atomic E-state index is 12.5. The van der Waals surface area contributed by atoms with E-state index in [1.165, 1.54) is 29.1 Å². The summed E-state index contributed by atoms with van der Waals surface area (Å²) in [7, 11) is 2.11. The minimum atomic E-state index is -0.261. The number of hydrogen-bond acceptors (Lipinski definition) is 4. The molecule has 0 radical (unpaired) electrons. The SMILES string of the molecule is Cn1c(C2CCCN2CC(=O)N2CCNC2=O)nc2c1CCCC2. The first-order valence-corrected chi connectivity index (χ1v) is 9.02. The van der Waals surface area contributed by atoms with E-state index in [1.54, 1.807) is 0 Å². The third kappa shape index (κ3) is 2.60. The number of imide groups is 1. The van der Waals surface area contributed by atoms with Crippen LogP contribution in [0.25, 0.3) is 0 Å². The lowest BCUT2D eigenvalue weighted by molar-refractivity contribution is -0.129. The topological polar surface area (TPSA) is 70.5 Å². The quantitative estimate of drug-likeness (QED) is 0.897. The normalized spacial score (nSPS) is 24.3. The molecule has 24 heavy (non-hydrogen) atoms. The molecule has 1 unspecified atom stereocenters. The highest BCUT2D eigenvalue weighted by Gasteiger charge is 2.35. The number of fused-ring (bicyclic) bond motifs is 1. The van der Waals surface area contributed by atoms with Crippen molar-refractivity contribution in [3.63, 3.8) is 0 Å². The summed E-state index contributed by atoms with van der Waals surface area (Å²) in [4.78, 5) is 32.6. The number of nitrogens with zero attached hydrogens (tertiary/aromatic N) is 4. The lowest BCUT2D eigenvalue weighted by atomic mass is 10.0. The number of carbonyl (C=O) groups excluding carboxylic acids is 2. The molecule has 0 bridgehead atoms. The first-order chi connectivity index (χ1) is 11.6. The van der Waals surface area contributed by atoms with Crippen molar-refractivity contribution in [2.75, 3.05) is 26.2 Å². The average molecular weight is 331 g/mol. The fourth-order valence-electron chi connectivity index (χ4n) is 4.28. The van der Waals surface area contributed by atoms with Gasteiger partial charge in [-0.2, -0.15) is 0 Å². The van der Waals surface area contributed by atoms with Crippen LogP contribution >= 0.6 is 0 Å². The van der Waals surface area contributed by atoms with Crippen LogP contribution < -0.4 is 5.32 Å². The molecule has 1 aromatic rings. The van der Waals surface area contributed by atoms with Gasteiger partial charge in [0.05, 0.1) is 18.3 Å². The van der Waals surface area contributed by atoms with E-state index < -0.39 is 0 Å². The van der Waals surface area contributed by atoms with Crippen molar-refractivity contribution >= 4 is 11.9 Å². The summed E-state index contributed by atoms with van der Waals surface area (Å²) in [5, 5.41) is 2.69. The van der Waals surface area contributed by atoms with Crippen molar-refractivity contribution in [3.8, 4) is 0 Å². The van der Waals surface area contributed by atoms with Gasteiger partial charge in [-0.1, -0.05) is 0 Å². The zero-order valence-corrected chi connectivity index (χ0v) is 14.3. The third-order valence-corrected chi connectivity index (χ3v) is 5.57. The minimum Gasteiger partial charge on any atom is -0.336 e. The van der Waals surface area contributed by atoms with Gasteiger partial charge < -0.3 is 9.88 Å². The van der Waals surface area contributed by atoms with Crippen LogP contribution in [0, 0.1) is 0 Å². The number of amides is 3. The Morgan fingerprint density at radius 2 is 2.08 bits per heavy atom. The smallest absolute Gasteiger partial charge is 0.324 e. The van der Waals surface area contributed by atoms with Crippen LogP contribution in [0.15, 0.2) is 0 Å². The van der Waals surface area contributed by atoms with Gasteiger partial charge in [0.2, 0.25) is 5.91 Å². The van der Waals surface area contributed by atoms with Crippen LogP contribution in [0.2, 0.25) is 0 Å². The van der Waals surface area contributed by atoms with E-state index in [9.17, 15) is 9.59 Å². The van der Waals surface area contributed by atoms with Crippen LogP contribution in [-0.2, 0) is 24.7 Å². The van der Waals surface area contributed by atoms with Crippen LogP contribution in [0.3, 0.4) is 0 Å². The van der Waals surface area contributed by atoms with Gasteiger partial charge in [-0.15, -0.1) is 0 Å². The first kappa shape index (κ1) is 15.6. The summed E-state index contributed by atoms with van der Waals surface area (Å²) in [6.07, 6.45) is 6.75. The van der Waals surface area contributed by atoms with Gasteiger partial charge in [0.25, 0.3) is 0 Å². The Balaban J connectivity index is 1.52. The van der Waals surface area contributed by atoms with Crippen LogP contribution in [0.1, 0.15) is 48.9 Å². The van der Waals surface area contributed by atoms with Crippen LogP contribution in [0.4, 0.5) is 4.79 Å². The number of nitrogens with one attached hydrogen (secondary N) is 1. The summed E-state index contributed by atoms with van der Waals surface area (Å²) < 4.78 is 2.25. The van der Waals surface area contributed by atoms with Gasteiger partial charge in [-0.25, -0.2) is 9.78 Å². The van der Waals surface area contributed by atoms with Gasteiger partial charge in [0.1, 0.15) is 5.82 Å². The molecular formula is C17H25N5O2. The first-order valence-electron chi connectivity index (χ1n) is 9.02. The van der Waals surface area contributed by atoms with Crippen molar-refractivity contribution in [2.24, 2.45) is 7.05 Å². The predicted molar refractivity (Wildman–Crippen MR) is 88.5 cm³/mol. The molecule has 2 aliphatic heterocycles. The highest BCUT2D eigenvalue weighted by molar-refractivity contribution is 5.96. The molecule has 3 heterocycles. The zero-order valence-electron chi connectivity index (χ0n) is 14.3. The molecule has 1 atom stereocenters. The molecule has 3 amide bonds. The van der Waals surface area contributed by atoms with Crippen molar-refractivity contribution in [1.29, 1.82) is 0 Å². The Hall–Kier alpha value is -1.89. The van der Waals surface area contributed by atoms with E-state index in [0.717, 1.165) is 38.1 Å². The lowest BCUT2D eigenvalue weighted by Crippen LogP contribution is -2.42. The lowest BCUT2D eigenvalue weighted by Gasteiger charge is -2.25. The Morgan fingerprint density at radius 1 is 1.25 bits per heavy atom. The largest absolute Gasteiger partial charge is 0.336 e. The van der Waals surface area contributed by atoms with Crippen molar-refractivity contribution < 1.29 is 9.59 Å². The van der Waals surface area contributed by atoms with Gasteiger partial charge in [-0.3, -0.25) is 14.6 Å². The van der Waals surface area contributed by atoms with Gasteiger partial charge in [0, 0.05) is 25.8 Å². The van der Waals surface area contributed by atoms with Crippen molar-refractivity contribution in [1.82, 2.24) is 24.7 Å². The molecule has 1 aromatic heterocycles. The molecular weight excluding hydrogens is 306 g/mol. The number of rotatable bonds is 3. The molecule has 2 saturated heterocycles. The number of carbonyl (C=O) groups is 2. The molecule has 0 aromatic carbocycles. The average Bonchev–Trinajstić information content (AvgIpc) is 3.27. The maximum Gasteiger partial charge on any atom is 0.324 e. The second-order valence-electron chi connectivity index (χ2n) is 7.04. The predicted octanol–water partition coefficient (Wildman–Crippen LogP) is 0.988. The number of aryl methyl sites for hydroxylation is 1. The van der Waals surface area contributed by atoms with E-state index in [1.807, 2.05) is 0 Å². The fraction of sp³-hybridized carbons (Fsp3) is 0.706.